The molecule has 2 aromatic rings. The van der Waals surface area contributed by atoms with Gasteiger partial charge in [0.15, 0.2) is 0 Å². The number of benzene rings is 2. The second-order valence-electron chi connectivity index (χ2n) is 8.22. The van der Waals surface area contributed by atoms with E-state index < -0.39 is 10.0 Å². The Balaban J connectivity index is 1.49. The molecule has 0 bridgehead atoms. The smallest absolute Gasteiger partial charge is 0.255 e. The fourth-order valence-corrected chi connectivity index (χ4v) is 5.99. The van der Waals surface area contributed by atoms with Gasteiger partial charge in [-0.3, -0.25) is 4.79 Å². The van der Waals surface area contributed by atoms with Crippen molar-refractivity contribution in [3.8, 4) is 0 Å². The SMILES string of the molecule is O=C(c1cc(S(=O)(=O)N2CCCCCC2)ccc1Cl)N1CCN(c2ccc(F)cc2)CC1. The first-order chi connectivity index (χ1) is 15.4. The minimum Gasteiger partial charge on any atom is -0.368 e. The van der Waals surface area contributed by atoms with Crippen LogP contribution in [-0.2, 0) is 10.0 Å². The van der Waals surface area contributed by atoms with Gasteiger partial charge in [-0.15, -0.1) is 0 Å². The van der Waals surface area contributed by atoms with E-state index in [1.165, 1.54) is 34.6 Å². The summed E-state index contributed by atoms with van der Waals surface area (Å²) in [5.41, 5.74) is 1.11. The minimum absolute atomic E-state index is 0.108. The van der Waals surface area contributed by atoms with Gasteiger partial charge in [0.25, 0.3) is 5.91 Å². The van der Waals surface area contributed by atoms with Crippen LogP contribution in [0.2, 0.25) is 5.02 Å². The van der Waals surface area contributed by atoms with Gasteiger partial charge in [-0.25, -0.2) is 12.8 Å². The summed E-state index contributed by atoms with van der Waals surface area (Å²) in [4.78, 5) is 17.1. The Morgan fingerprint density at radius 2 is 1.47 bits per heavy atom. The van der Waals surface area contributed by atoms with Crippen LogP contribution in [0.15, 0.2) is 47.4 Å². The Morgan fingerprint density at radius 1 is 0.844 bits per heavy atom. The fraction of sp³-hybridized carbons (Fsp3) is 0.435. The van der Waals surface area contributed by atoms with Crippen LogP contribution in [0.4, 0.5) is 10.1 Å². The van der Waals surface area contributed by atoms with Crippen LogP contribution in [0, 0.1) is 5.82 Å². The first kappa shape index (κ1) is 23.0. The summed E-state index contributed by atoms with van der Waals surface area (Å²) in [5, 5.41) is 0.241. The van der Waals surface area contributed by atoms with E-state index in [9.17, 15) is 17.6 Å². The molecule has 9 heteroatoms. The Labute approximate surface area is 193 Å². The van der Waals surface area contributed by atoms with Crippen LogP contribution in [0.3, 0.4) is 0 Å². The number of anilines is 1. The Kier molecular flexibility index (Phi) is 7.02. The zero-order valence-corrected chi connectivity index (χ0v) is 19.4. The van der Waals surface area contributed by atoms with Crippen molar-refractivity contribution < 1.29 is 17.6 Å². The lowest BCUT2D eigenvalue weighted by atomic mass is 10.1. The van der Waals surface area contributed by atoms with Crippen LogP contribution in [-0.4, -0.2) is 62.8 Å². The lowest BCUT2D eigenvalue weighted by Gasteiger charge is -2.36. The van der Waals surface area contributed by atoms with Gasteiger partial charge in [0.05, 0.1) is 15.5 Å². The van der Waals surface area contributed by atoms with Gasteiger partial charge >= 0.3 is 0 Å². The van der Waals surface area contributed by atoms with Gasteiger partial charge in [0.1, 0.15) is 5.82 Å². The largest absolute Gasteiger partial charge is 0.368 e. The number of piperazine rings is 1. The number of rotatable bonds is 4. The maximum atomic E-state index is 13.2. The average Bonchev–Trinajstić information content (AvgIpc) is 3.10. The summed E-state index contributed by atoms with van der Waals surface area (Å²) in [7, 11) is -3.67. The van der Waals surface area contributed by atoms with E-state index in [0.717, 1.165) is 31.4 Å². The Morgan fingerprint density at radius 3 is 2.09 bits per heavy atom. The molecule has 6 nitrogen and oxygen atoms in total. The van der Waals surface area contributed by atoms with Crippen molar-refractivity contribution in [2.45, 2.75) is 30.6 Å². The van der Waals surface area contributed by atoms with Crippen LogP contribution < -0.4 is 4.90 Å². The molecule has 0 atom stereocenters. The number of carbonyl (C=O) groups excluding carboxylic acids is 1. The van der Waals surface area contributed by atoms with Crippen LogP contribution in [0.25, 0.3) is 0 Å². The molecule has 32 heavy (non-hydrogen) atoms. The number of carbonyl (C=O) groups is 1. The minimum atomic E-state index is -3.67. The third kappa shape index (κ3) is 4.92. The number of sulfonamides is 1. The summed E-state index contributed by atoms with van der Waals surface area (Å²) in [5.74, 6) is -0.561. The van der Waals surface area contributed by atoms with Crippen molar-refractivity contribution in [1.82, 2.24) is 9.21 Å². The third-order valence-electron chi connectivity index (χ3n) is 6.13. The average molecular weight is 480 g/mol. The Hall–Kier alpha value is -2.16. The predicted molar refractivity (Wildman–Crippen MR) is 123 cm³/mol. The number of halogens is 2. The molecule has 1 amide bonds. The van der Waals surface area contributed by atoms with Gasteiger partial charge < -0.3 is 9.80 Å². The van der Waals surface area contributed by atoms with E-state index in [4.69, 9.17) is 11.6 Å². The van der Waals surface area contributed by atoms with Gasteiger partial charge in [0.2, 0.25) is 10.0 Å². The van der Waals surface area contributed by atoms with Crippen molar-refractivity contribution in [3.63, 3.8) is 0 Å². The van der Waals surface area contributed by atoms with Crippen LogP contribution in [0.1, 0.15) is 36.0 Å². The maximum absolute atomic E-state index is 13.2. The van der Waals surface area contributed by atoms with Crippen molar-refractivity contribution in [3.05, 3.63) is 58.9 Å². The summed E-state index contributed by atoms with van der Waals surface area (Å²) < 4.78 is 41.0. The maximum Gasteiger partial charge on any atom is 0.255 e. The van der Waals surface area contributed by atoms with E-state index in [1.54, 1.807) is 17.0 Å². The molecule has 2 aromatic carbocycles. The monoisotopic (exact) mass is 479 g/mol. The highest BCUT2D eigenvalue weighted by atomic mass is 35.5. The van der Waals surface area contributed by atoms with Gasteiger partial charge in [-0.1, -0.05) is 24.4 Å². The quantitative estimate of drug-likeness (QED) is 0.665. The molecule has 2 aliphatic heterocycles. The van der Waals surface area contributed by atoms with E-state index in [-0.39, 0.29) is 27.2 Å². The molecule has 0 spiro atoms. The van der Waals surface area contributed by atoms with Crippen molar-refractivity contribution in [1.29, 1.82) is 0 Å². The van der Waals surface area contributed by atoms with Gasteiger partial charge in [-0.05, 0) is 55.3 Å². The second kappa shape index (κ2) is 9.77. The summed E-state index contributed by atoms with van der Waals surface area (Å²) >= 11 is 6.31. The lowest BCUT2D eigenvalue weighted by molar-refractivity contribution is 0.0746. The number of hydrogen-bond acceptors (Lipinski definition) is 4. The number of amides is 1. The molecule has 2 fully saturated rings. The third-order valence-corrected chi connectivity index (χ3v) is 8.35. The predicted octanol–water partition coefficient (Wildman–Crippen LogP) is 4.01. The molecule has 0 N–H and O–H groups in total. The number of hydrogen-bond donors (Lipinski definition) is 0. The first-order valence-corrected chi connectivity index (χ1v) is 12.8. The normalized spacial score (nSPS) is 18.4. The molecule has 2 aliphatic rings. The zero-order chi connectivity index (χ0) is 22.7. The lowest BCUT2D eigenvalue weighted by Crippen LogP contribution is -2.48. The summed E-state index contributed by atoms with van der Waals surface area (Å²) in [6.07, 6.45) is 3.74. The molecule has 4 rings (SSSR count). The van der Waals surface area contributed by atoms with Gasteiger partial charge in [0, 0.05) is 45.0 Å². The van der Waals surface area contributed by atoms with Crippen molar-refractivity contribution in [2.75, 3.05) is 44.2 Å². The number of nitrogens with zero attached hydrogens (tertiary/aromatic N) is 3. The Bertz CT molecular complexity index is 1060. The summed E-state index contributed by atoms with van der Waals surface area (Å²) in [6.45, 7) is 3.13. The van der Waals surface area contributed by atoms with Crippen LogP contribution in [0.5, 0.6) is 0 Å². The molecular weight excluding hydrogens is 453 g/mol. The highest BCUT2D eigenvalue weighted by molar-refractivity contribution is 7.89. The molecule has 0 saturated carbocycles. The van der Waals surface area contributed by atoms with E-state index in [0.29, 0.717) is 39.3 Å². The molecule has 2 saturated heterocycles. The first-order valence-electron chi connectivity index (χ1n) is 11.0. The molecule has 2 heterocycles. The van der Waals surface area contributed by atoms with Crippen LogP contribution >= 0.6 is 11.6 Å². The van der Waals surface area contributed by atoms with Gasteiger partial charge in [-0.2, -0.15) is 4.31 Å². The molecular formula is C23H27ClFN3O3S. The molecule has 172 valence electrons. The summed E-state index contributed by atoms with van der Waals surface area (Å²) in [6, 6.07) is 10.7. The van der Waals surface area contributed by atoms with Crippen molar-refractivity contribution in [2.24, 2.45) is 0 Å². The molecule has 0 aliphatic carbocycles. The van der Waals surface area contributed by atoms with E-state index in [2.05, 4.69) is 4.90 Å². The molecule has 0 aromatic heterocycles. The standard InChI is InChI=1S/C23H27ClFN3O3S/c24-22-10-9-20(32(30,31)28-11-3-1-2-4-12-28)17-21(22)23(29)27-15-13-26(14-16-27)19-7-5-18(25)6-8-19/h5-10,17H,1-4,11-16H2. The second-order valence-corrected chi connectivity index (χ2v) is 10.6. The molecule has 0 unspecified atom stereocenters. The zero-order valence-electron chi connectivity index (χ0n) is 17.8. The fourth-order valence-electron chi connectivity index (χ4n) is 4.25. The van der Waals surface area contributed by atoms with E-state index >= 15 is 0 Å². The highest BCUT2D eigenvalue weighted by Gasteiger charge is 2.29. The highest BCUT2D eigenvalue weighted by Crippen LogP contribution is 2.26. The van der Waals surface area contributed by atoms with Crippen molar-refractivity contribution >= 4 is 33.2 Å². The molecule has 0 radical (unpaired) electrons. The van der Waals surface area contributed by atoms with E-state index in [1.807, 2.05) is 0 Å². The topological polar surface area (TPSA) is 60.9 Å².